The third kappa shape index (κ3) is 3.23. The average molecular weight is 256 g/mol. The lowest BCUT2D eigenvalue weighted by atomic mass is 9.70. The Labute approximate surface area is 111 Å². The number of hydrogen-bond donors (Lipinski definition) is 1. The van der Waals surface area contributed by atoms with Crippen molar-refractivity contribution in [1.82, 2.24) is 4.90 Å². The van der Waals surface area contributed by atoms with E-state index in [1.54, 1.807) is 7.11 Å². The lowest BCUT2D eigenvalue weighted by Gasteiger charge is -2.41. The summed E-state index contributed by atoms with van der Waals surface area (Å²) in [4.78, 5) is 14.5. The van der Waals surface area contributed by atoms with E-state index in [2.05, 4.69) is 6.92 Å². The molecule has 1 saturated carbocycles. The first kappa shape index (κ1) is 15.4. The molecular weight excluding hydrogens is 228 g/mol. The van der Waals surface area contributed by atoms with Crippen molar-refractivity contribution in [2.45, 2.75) is 45.6 Å². The van der Waals surface area contributed by atoms with Crippen molar-refractivity contribution in [2.24, 2.45) is 17.1 Å². The Morgan fingerprint density at radius 2 is 2.06 bits per heavy atom. The molecule has 0 aliphatic heterocycles. The summed E-state index contributed by atoms with van der Waals surface area (Å²) >= 11 is 0. The van der Waals surface area contributed by atoms with E-state index in [-0.39, 0.29) is 17.4 Å². The van der Waals surface area contributed by atoms with Gasteiger partial charge >= 0.3 is 0 Å². The SMILES string of the molecule is COCC(C)N(C)C(=O)C1(CN)CCC(C)CC1. The third-order valence-electron chi connectivity index (χ3n) is 4.47. The average Bonchev–Trinajstić information content (AvgIpc) is 2.38. The van der Waals surface area contributed by atoms with E-state index in [1.807, 2.05) is 18.9 Å². The molecule has 0 radical (unpaired) electrons. The summed E-state index contributed by atoms with van der Waals surface area (Å²) in [6.45, 7) is 5.29. The van der Waals surface area contributed by atoms with Crippen molar-refractivity contribution in [1.29, 1.82) is 0 Å². The van der Waals surface area contributed by atoms with Gasteiger partial charge in [0.25, 0.3) is 0 Å². The number of nitrogens with zero attached hydrogens (tertiary/aromatic N) is 1. The van der Waals surface area contributed by atoms with E-state index in [0.717, 1.165) is 31.6 Å². The van der Waals surface area contributed by atoms with Crippen LogP contribution in [-0.2, 0) is 9.53 Å². The molecule has 0 saturated heterocycles. The van der Waals surface area contributed by atoms with Crippen LogP contribution in [0.5, 0.6) is 0 Å². The molecule has 106 valence electrons. The van der Waals surface area contributed by atoms with E-state index in [1.165, 1.54) is 0 Å². The fourth-order valence-corrected chi connectivity index (χ4v) is 2.75. The molecule has 1 aliphatic carbocycles. The Morgan fingerprint density at radius 1 is 1.50 bits per heavy atom. The Hall–Kier alpha value is -0.610. The number of methoxy groups -OCH3 is 1. The second kappa shape index (κ2) is 6.53. The van der Waals surface area contributed by atoms with E-state index in [9.17, 15) is 4.79 Å². The number of carbonyl (C=O) groups is 1. The highest BCUT2D eigenvalue weighted by Gasteiger charge is 2.42. The Kier molecular flexibility index (Phi) is 5.60. The minimum Gasteiger partial charge on any atom is -0.383 e. The number of ether oxygens (including phenoxy) is 1. The molecule has 0 heterocycles. The van der Waals surface area contributed by atoms with Crippen LogP contribution in [0.15, 0.2) is 0 Å². The normalized spacial score (nSPS) is 29.9. The van der Waals surface area contributed by atoms with E-state index < -0.39 is 0 Å². The van der Waals surface area contributed by atoms with Crippen LogP contribution in [0.4, 0.5) is 0 Å². The maximum atomic E-state index is 12.7. The van der Waals surface area contributed by atoms with Crippen molar-refractivity contribution < 1.29 is 9.53 Å². The minimum absolute atomic E-state index is 0.102. The van der Waals surface area contributed by atoms with Crippen molar-refractivity contribution in [3.05, 3.63) is 0 Å². The van der Waals surface area contributed by atoms with Crippen molar-refractivity contribution in [3.63, 3.8) is 0 Å². The summed E-state index contributed by atoms with van der Waals surface area (Å²) in [5, 5.41) is 0. The topological polar surface area (TPSA) is 55.6 Å². The van der Waals surface area contributed by atoms with Crippen LogP contribution >= 0.6 is 0 Å². The highest BCUT2D eigenvalue weighted by molar-refractivity contribution is 5.83. The van der Waals surface area contributed by atoms with E-state index in [4.69, 9.17) is 10.5 Å². The molecule has 1 atom stereocenters. The van der Waals surface area contributed by atoms with Crippen molar-refractivity contribution >= 4 is 5.91 Å². The summed E-state index contributed by atoms with van der Waals surface area (Å²) in [6, 6.07) is 0.102. The highest BCUT2D eigenvalue weighted by Crippen LogP contribution is 2.39. The Balaban J connectivity index is 2.72. The molecule has 4 heteroatoms. The highest BCUT2D eigenvalue weighted by atomic mass is 16.5. The fourth-order valence-electron chi connectivity index (χ4n) is 2.75. The largest absolute Gasteiger partial charge is 0.383 e. The number of nitrogens with two attached hydrogens (primary N) is 1. The molecule has 0 aromatic heterocycles. The molecule has 0 aromatic carbocycles. The minimum atomic E-state index is -0.330. The number of carbonyl (C=O) groups excluding carboxylic acids is 1. The molecule has 2 N–H and O–H groups in total. The van der Waals surface area contributed by atoms with Crippen LogP contribution in [0.25, 0.3) is 0 Å². The van der Waals surface area contributed by atoms with Crippen LogP contribution in [0.2, 0.25) is 0 Å². The number of hydrogen-bond acceptors (Lipinski definition) is 3. The molecule has 1 unspecified atom stereocenters. The summed E-state index contributed by atoms with van der Waals surface area (Å²) in [5.74, 6) is 0.917. The molecule has 0 aromatic rings. The summed E-state index contributed by atoms with van der Waals surface area (Å²) in [7, 11) is 3.53. The predicted octanol–water partition coefficient (Wildman–Crippen LogP) is 1.63. The molecule has 1 amide bonds. The molecule has 0 spiro atoms. The van der Waals surface area contributed by atoms with Gasteiger partial charge in [-0.05, 0) is 38.5 Å². The van der Waals surface area contributed by atoms with Crippen molar-refractivity contribution in [2.75, 3.05) is 27.3 Å². The zero-order chi connectivity index (χ0) is 13.8. The van der Waals surface area contributed by atoms with Gasteiger partial charge in [-0.15, -0.1) is 0 Å². The maximum Gasteiger partial charge on any atom is 0.230 e. The lowest BCUT2D eigenvalue weighted by molar-refractivity contribution is -0.145. The van der Waals surface area contributed by atoms with Gasteiger partial charge in [0.15, 0.2) is 0 Å². The number of rotatable bonds is 5. The zero-order valence-corrected chi connectivity index (χ0v) is 12.2. The zero-order valence-electron chi connectivity index (χ0n) is 12.2. The molecular formula is C14H28N2O2. The number of likely N-dealkylation sites (N-methyl/N-ethyl adjacent to an activating group) is 1. The fraction of sp³-hybridized carbons (Fsp3) is 0.929. The second-order valence-electron chi connectivity index (χ2n) is 5.89. The summed E-state index contributed by atoms with van der Waals surface area (Å²) in [6.07, 6.45) is 4.06. The Morgan fingerprint density at radius 3 is 2.50 bits per heavy atom. The number of amides is 1. The van der Waals surface area contributed by atoms with Gasteiger partial charge in [0.05, 0.1) is 18.1 Å². The molecule has 1 aliphatic rings. The smallest absolute Gasteiger partial charge is 0.230 e. The first-order chi connectivity index (χ1) is 8.46. The van der Waals surface area contributed by atoms with Gasteiger partial charge in [-0.1, -0.05) is 6.92 Å². The molecule has 4 nitrogen and oxygen atoms in total. The summed E-state index contributed by atoms with van der Waals surface area (Å²) in [5.41, 5.74) is 5.59. The lowest BCUT2D eigenvalue weighted by Crippen LogP contribution is -2.51. The van der Waals surface area contributed by atoms with Crippen LogP contribution in [0.3, 0.4) is 0 Å². The predicted molar refractivity (Wildman–Crippen MR) is 73.2 cm³/mol. The third-order valence-corrected chi connectivity index (χ3v) is 4.47. The van der Waals surface area contributed by atoms with Crippen LogP contribution in [-0.4, -0.2) is 44.2 Å². The standard InChI is InChI=1S/C14H28N2O2/c1-11-5-7-14(10-15,8-6-11)13(17)16(3)12(2)9-18-4/h11-12H,5-10,15H2,1-4H3. The van der Waals surface area contributed by atoms with Gasteiger partial charge in [0.1, 0.15) is 0 Å². The van der Waals surface area contributed by atoms with Crippen molar-refractivity contribution in [3.8, 4) is 0 Å². The summed E-state index contributed by atoms with van der Waals surface area (Å²) < 4.78 is 5.12. The van der Waals surface area contributed by atoms with Crippen LogP contribution in [0.1, 0.15) is 39.5 Å². The van der Waals surface area contributed by atoms with E-state index in [0.29, 0.717) is 13.2 Å². The van der Waals surface area contributed by atoms with Gasteiger partial charge < -0.3 is 15.4 Å². The van der Waals surface area contributed by atoms with Crippen LogP contribution < -0.4 is 5.73 Å². The quantitative estimate of drug-likeness (QED) is 0.813. The van der Waals surface area contributed by atoms with Gasteiger partial charge in [-0.25, -0.2) is 0 Å². The molecule has 1 rings (SSSR count). The monoisotopic (exact) mass is 256 g/mol. The first-order valence-corrected chi connectivity index (χ1v) is 6.93. The molecule has 1 fully saturated rings. The first-order valence-electron chi connectivity index (χ1n) is 6.93. The van der Waals surface area contributed by atoms with Gasteiger partial charge in [0, 0.05) is 20.7 Å². The van der Waals surface area contributed by atoms with E-state index >= 15 is 0 Å². The second-order valence-corrected chi connectivity index (χ2v) is 5.89. The van der Waals surface area contributed by atoms with Gasteiger partial charge in [-0.3, -0.25) is 4.79 Å². The van der Waals surface area contributed by atoms with Gasteiger partial charge in [-0.2, -0.15) is 0 Å². The van der Waals surface area contributed by atoms with Gasteiger partial charge in [0.2, 0.25) is 5.91 Å². The Bertz CT molecular complexity index is 273. The maximum absolute atomic E-state index is 12.7. The molecule has 18 heavy (non-hydrogen) atoms. The molecule has 0 bridgehead atoms. The van der Waals surface area contributed by atoms with Crippen LogP contribution in [0, 0.1) is 11.3 Å².